The van der Waals surface area contributed by atoms with E-state index < -0.39 is 20.0 Å². The van der Waals surface area contributed by atoms with Crippen molar-refractivity contribution >= 4 is 37.2 Å². The van der Waals surface area contributed by atoms with E-state index in [1.54, 1.807) is 48.5 Å². The Labute approximate surface area is 219 Å². The van der Waals surface area contributed by atoms with Gasteiger partial charge in [-0.3, -0.25) is 9.10 Å². The number of hydrogen-bond donors (Lipinski definition) is 1. The second-order valence-electron chi connectivity index (χ2n) is 9.25. The average Bonchev–Trinajstić information content (AvgIpc) is 2.92. The summed E-state index contributed by atoms with van der Waals surface area (Å²) in [6, 6.07) is 21.0. The minimum Gasteiger partial charge on any atom is -0.378 e. The number of piperidine rings is 1. The Kier molecular flexibility index (Phi) is 8.01. The van der Waals surface area contributed by atoms with Crippen molar-refractivity contribution in [2.75, 3.05) is 36.3 Å². The van der Waals surface area contributed by atoms with Gasteiger partial charge in [-0.1, -0.05) is 37.3 Å². The number of hydrogen-bond acceptors (Lipinski definition) is 6. The van der Waals surface area contributed by atoms with Crippen LogP contribution in [0, 0.1) is 5.92 Å². The number of carbonyl (C=O) groups excluding carboxylic acids is 1. The Morgan fingerprint density at radius 2 is 1.65 bits per heavy atom. The fourth-order valence-electron chi connectivity index (χ4n) is 4.31. The number of sulfonamides is 2. The summed E-state index contributed by atoms with van der Waals surface area (Å²) in [5, 5.41) is 2.99. The van der Waals surface area contributed by atoms with Crippen LogP contribution >= 0.6 is 0 Å². The van der Waals surface area contributed by atoms with E-state index in [4.69, 9.17) is 0 Å². The molecule has 0 aromatic heterocycles. The highest BCUT2D eigenvalue weighted by atomic mass is 32.2. The van der Waals surface area contributed by atoms with Crippen molar-refractivity contribution in [3.05, 3.63) is 84.4 Å². The minimum atomic E-state index is -3.74. The van der Waals surface area contributed by atoms with E-state index in [-0.39, 0.29) is 22.1 Å². The van der Waals surface area contributed by atoms with Crippen LogP contribution in [0.4, 0.5) is 11.4 Å². The van der Waals surface area contributed by atoms with Gasteiger partial charge in [0.2, 0.25) is 10.0 Å². The van der Waals surface area contributed by atoms with Crippen LogP contribution in [0.1, 0.15) is 30.1 Å². The highest BCUT2D eigenvalue weighted by molar-refractivity contribution is 7.92. The van der Waals surface area contributed by atoms with Gasteiger partial charge in [-0.05, 0) is 67.3 Å². The molecule has 3 aromatic rings. The fourth-order valence-corrected chi connectivity index (χ4v) is 7.15. The maximum atomic E-state index is 13.1. The summed E-state index contributed by atoms with van der Waals surface area (Å²) in [5.41, 5.74) is 1.41. The number of para-hydroxylation sites is 1. The van der Waals surface area contributed by atoms with Gasteiger partial charge in [0.25, 0.3) is 10.0 Å². The van der Waals surface area contributed by atoms with Crippen molar-refractivity contribution in [2.24, 2.45) is 5.92 Å². The van der Waals surface area contributed by atoms with Crippen LogP contribution in [-0.4, -0.2) is 53.6 Å². The third-order valence-corrected chi connectivity index (χ3v) is 10.2. The molecule has 10 heteroatoms. The molecule has 37 heavy (non-hydrogen) atoms. The minimum absolute atomic E-state index is 0.0692. The van der Waals surface area contributed by atoms with Crippen LogP contribution in [0.2, 0.25) is 0 Å². The summed E-state index contributed by atoms with van der Waals surface area (Å²) < 4.78 is 54.8. The SMILES string of the molecule is CC1CCCN(S(=O)(=O)c2cccc(C(=O)CNc3ccc(S(=O)(=O)N(C)c4ccccc4)cc3)c2)C1. The molecule has 0 bridgehead atoms. The zero-order valence-corrected chi connectivity index (χ0v) is 22.5. The molecule has 1 N–H and O–H groups in total. The molecule has 3 aromatic carbocycles. The molecular weight excluding hydrogens is 510 g/mol. The van der Waals surface area contributed by atoms with Gasteiger partial charge in [0, 0.05) is 31.4 Å². The fraction of sp³-hybridized carbons (Fsp3) is 0.296. The van der Waals surface area contributed by atoms with E-state index in [1.165, 1.54) is 39.9 Å². The van der Waals surface area contributed by atoms with Crippen molar-refractivity contribution in [3.8, 4) is 0 Å². The monoisotopic (exact) mass is 541 g/mol. The molecule has 1 heterocycles. The largest absolute Gasteiger partial charge is 0.378 e. The summed E-state index contributed by atoms with van der Waals surface area (Å²) in [7, 11) is -5.91. The second kappa shape index (κ2) is 11.0. The quantitative estimate of drug-likeness (QED) is 0.407. The van der Waals surface area contributed by atoms with E-state index in [0.29, 0.717) is 35.9 Å². The van der Waals surface area contributed by atoms with Crippen LogP contribution in [-0.2, 0) is 20.0 Å². The number of rotatable bonds is 9. The van der Waals surface area contributed by atoms with Gasteiger partial charge < -0.3 is 5.32 Å². The third kappa shape index (κ3) is 6.03. The lowest BCUT2D eigenvalue weighted by Gasteiger charge is -2.30. The van der Waals surface area contributed by atoms with Crippen LogP contribution in [0.3, 0.4) is 0 Å². The molecular formula is C27H31N3O5S2. The lowest BCUT2D eigenvalue weighted by Crippen LogP contribution is -2.39. The average molecular weight is 542 g/mol. The molecule has 1 atom stereocenters. The topological polar surface area (TPSA) is 104 Å². The zero-order chi connectivity index (χ0) is 26.6. The van der Waals surface area contributed by atoms with E-state index in [0.717, 1.165) is 12.8 Å². The number of nitrogens with zero attached hydrogens (tertiary/aromatic N) is 2. The second-order valence-corrected chi connectivity index (χ2v) is 13.2. The maximum absolute atomic E-state index is 13.1. The standard InChI is InChI=1S/C27H31N3O5S2/c1-21-8-7-17-30(20-21)37(34,35)26-12-6-9-22(18-26)27(31)19-28-23-13-15-25(16-14-23)36(32,33)29(2)24-10-4-3-5-11-24/h3-6,9-16,18,21,28H,7-8,17,19-20H2,1-2H3. The summed E-state index contributed by atoms with van der Waals surface area (Å²) >= 11 is 0. The molecule has 0 radical (unpaired) electrons. The zero-order valence-electron chi connectivity index (χ0n) is 20.9. The molecule has 0 amide bonds. The number of ketones is 1. The number of nitrogens with one attached hydrogen (secondary N) is 1. The van der Waals surface area contributed by atoms with E-state index in [9.17, 15) is 21.6 Å². The van der Waals surface area contributed by atoms with Gasteiger partial charge in [-0.2, -0.15) is 4.31 Å². The van der Waals surface area contributed by atoms with Crippen LogP contribution in [0.25, 0.3) is 0 Å². The number of Topliss-reactive ketones (excluding diaryl/α,β-unsaturated/α-hetero) is 1. The molecule has 1 unspecified atom stereocenters. The lowest BCUT2D eigenvalue weighted by atomic mass is 10.0. The van der Waals surface area contributed by atoms with Crippen molar-refractivity contribution in [2.45, 2.75) is 29.6 Å². The summed E-state index contributed by atoms with van der Waals surface area (Å²) in [6.07, 6.45) is 1.83. The van der Waals surface area contributed by atoms with E-state index in [2.05, 4.69) is 5.32 Å². The highest BCUT2D eigenvalue weighted by Gasteiger charge is 2.29. The van der Waals surface area contributed by atoms with Gasteiger partial charge in [-0.15, -0.1) is 0 Å². The third-order valence-electron chi connectivity index (χ3n) is 6.50. The normalized spacial score (nSPS) is 16.8. The number of benzene rings is 3. The first-order chi connectivity index (χ1) is 17.6. The molecule has 1 aliphatic rings. The summed E-state index contributed by atoms with van der Waals surface area (Å²) in [6.45, 7) is 2.94. The Hall–Kier alpha value is -3.21. The smallest absolute Gasteiger partial charge is 0.264 e. The Bertz CT molecular complexity index is 1460. The first-order valence-corrected chi connectivity index (χ1v) is 15.0. The molecule has 1 saturated heterocycles. The number of carbonyl (C=O) groups is 1. The predicted molar refractivity (Wildman–Crippen MR) is 145 cm³/mol. The van der Waals surface area contributed by atoms with Crippen molar-refractivity contribution in [1.29, 1.82) is 0 Å². The molecule has 1 aliphatic heterocycles. The van der Waals surface area contributed by atoms with Gasteiger partial charge >= 0.3 is 0 Å². The molecule has 0 aliphatic carbocycles. The first-order valence-electron chi connectivity index (χ1n) is 12.1. The van der Waals surface area contributed by atoms with Crippen LogP contribution in [0.15, 0.2) is 88.7 Å². The Morgan fingerprint density at radius 1 is 0.946 bits per heavy atom. The molecule has 4 rings (SSSR count). The van der Waals surface area contributed by atoms with Crippen molar-refractivity contribution < 1.29 is 21.6 Å². The molecule has 8 nitrogen and oxygen atoms in total. The first kappa shape index (κ1) is 26.8. The van der Waals surface area contributed by atoms with Gasteiger partial charge in [-0.25, -0.2) is 16.8 Å². The number of anilines is 2. The Morgan fingerprint density at radius 3 is 2.32 bits per heavy atom. The van der Waals surface area contributed by atoms with Crippen LogP contribution in [0.5, 0.6) is 0 Å². The molecule has 0 spiro atoms. The molecule has 0 saturated carbocycles. The summed E-state index contributed by atoms with van der Waals surface area (Å²) in [4.78, 5) is 13.1. The molecule has 1 fully saturated rings. The Balaban J connectivity index is 1.42. The van der Waals surface area contributed by atoms with Gasteiger partial charge in [0.05, 0.1) is 22.0 Å². The summed E-state index contributed by atoms with van der Waals surface area (Å²) in [5.74, 6) is 0.0298. The lowest BCUT2D eigenvalue weighted by molar-refractivity contribution is 0.101. The van der Waals surface area contributed by atoms with Crippen LogP contribution < -0.4 is 9.62 Å². The van der Waals surface area contributed by atoms with Gasteiger partial charge in [0.1, 0.15) is 0 Å². The maximum Gasteiger partial charge on any atom is 0.264 e. The van der Waals surface area contributed by atoms with E-state index in [1.807, 2.05) is 13.0 Å². The van der Waals surface area contributed by atoms with E-state index >= 15 is 0 Å². The predicted octanol–water partition coefficient (Wildman–Crippen LogP) is 4.23. The van der Waals surface area contributed by atoms with Crippen molar-refractivity contribution in [3.63, 3.8) is 0 Å². The van der Waals surface area contributed by atoms with Gasteiger partial charge in [0.15, 0.2) is 5.78 Å². The van der Waals surface area contributed by atoms with Crippen molar-refractivity contribution in [1.82, 2.24) is 4.31 Å². The molecule has 196 valence electrons. The highest BCUT2D eigenvalue weighted by Crippen LogP contribution is 2.25.